The molecule has 0 spiro atoms. The van der Waals surface area contributed by atoms with Crippen LogP contribution in [0.2, 0.25) is 0 Å². The number of rotatable bonds is 9. The molecule has 0 saturated heterocycles. The third kappa shape index (κ3) is 6.41. The first-order valence-electron chi connectivity index (χ1n) is 7.23. The molecule has 122 valence electrons. The molecule has 0 bridgehead atoms. The number of carbonyl (C=O) groups is 1. The molecule has 0 aliphatic heterocycles. The van der Waals surface area contributed by atoms with Crippen LogP contribution in [-0.2, 0) is 19.1 Å². The highest BCUT2D eigenvalue weighted by molar-refractivity contribution is 7.86. The van der Waals surface area contributed by atoms with Crippen molar-refractivity contribution in [2.75, 3.05) is 13.2 Å². The number of unbranched alkanes of at least 4 members (excludes halogenated alkanes) is 2. The first kappa shape index (κ1) is 18.4. The topological polar surface area (TPSA) is 72.5 Å². The Kier molecular flexibility index (Phi) is 7.27. The van der Waals surface area contributed by atoms with Crippen molar-refractivity contribution >= 4 is 16.0 Å². The highest BCUT2D eigenvalue weighted by atomic mass is 32.2. The summed E-state index contributed by atoms with van der Waals surface area (Å²) in [6, 6.07) is 6.55. The fourth-order valence-electron chi connectivity index (χ4n) is 1.70. The second-order valence-electron chi connectivity index (χ2n) is 5.19. The predicted molar refractivity (Wildman–Crippen MR) is 86.0 cm³/mol. The summed E-state index contributed by atoms with van der Waals surface area (Å²) in [7, 11) is -3.68. The van der Waals surface area contributed by atoms with Gasteiger partial charge in [0.25, 0.3) is 10.1 Å². The van der Waals surface area contributed by atoms with Crippen molar-refractivity contribution < 1.29 is 17.4 Å². The molecule has 0 heterocycles. The second-order valence-corrected chi connectivity index (χ2v) is 6.80. The lowest BCUT2D eigenvalue weighted by molar-refractivity contribution is -0.117. The number of amides is 1. The molecule has 0 radical (unpaired) electrons. The van der Waals surface area contributed by atoms with Gasteiger partial charge < -0.3 is 5.32 Å². The molecule has 0 aliphatic rings. The van der Waals surface area contributed by atoms with Gasteiger partial charge in [0, 0.05) is 12.1 Å². The molecule has 1 aromatic carbocycles. The minimum absolute atomic E-state index is 0.143. The molecule has 0 unspecified atom stereocenters. The van der Waals surface area contributed by atoms with E-state index in [0.29, 0.717) is 18.5 Å². The van der Waals surface area contributed by atoms with Gasteiger partial charge in [-0.2, -0.15) is 8.42 Å². The average molecular weight is 325 g/mol. The van der Waals surface area contributed by atoms with Gasteiger partial charge in [-0.05, 0) is 45.2 Å². The van der Waals surface area contributed by atoms with Gasteiger partial charge in [0.2, 0.25) is 5.91 Å². The molecule has 1 aromatic rings. The number of nitrogens with one attached hydrogen (secondary N) is 1. The normalized spacial score (nSPS) is 11.2. The van der Waals surface area contributed by atoms with E-state index in [-0.39, 0.29) is 17.4 Å². The monoisotopic (exact) mass is 325 g/mol. The predicted octanol–water partition coefficient (Wildman–Crippen LogP) is 2.56. The van der Waals surface area contributed by atoms with Crippen LogP contribution in [0, 0.1) is 6.92 Å². The lowest BCUT2D eigenvalue weighted by atomic mass is 10.2. The summed E-state index contributed by atoms with van der Waals surface area (Å²) in [5, 5.41) is 2.72. The van der Waals surface area contributed by atoms with Gasteiger partial charge in [-0.1, -0.05) is 24.3 Å². The number of benzene rings is 1. The molecule has 1 amide bonds. The molecule has 0 aliphatic carbocycles. The van der Waals surface area contributed by atoms with E-state index >= 15 is 0 Å². The minimum atomic E-state index is -3.68. The van der Waals surface area contributed by atoms with Crippen LogP contribution >= 0.6 is 0 Å². The van der Waals surface area contributed by atoms with E-state index in [1.165, 1.54) is 12.1 Å². The van der Waals surface area contributed by atoms with E-state index in [4.69, 9.17) is 4.18 Å². The number of hydrogen-bond donors (Lipinski definition) is 1. The maximum Gasteiger partial charge on any atom is 0.296 e. The maximum atomic E-state index is 11.9. The van der Waals surface area contributed by atoms with E-state index in [9.17, 15) is 13.2 Å². The van der Waals surface area contributed by atoms with E-state index in [0.717, 1.165) is 18.4 Å². The van der Waals surface area contributed by atoms with Crippen LogP contribution in [-0.4, -0.2) is 27.5 Å². The van der Waals surface area contributed by atoms with E-state index in [1.54, 1.807) is 19.1 Å². The second kappa shape index (κ2) is 8.70. The van der Waals surface area contributed by atoms with E-state index < -0.39 is 10.1 Å². The van der Waals surface area contributed by atoms with Crippen molar-refractivity contribution in [3.05, 3.63) is 42.0 Å². The lowest BCUT2D eigenvalue weighted by Gasteiger charge is -2.07. The molecule has 1 rings (SSSR count). The van der Waals surface area contributed by atoms with Crippen LogP contribution in [0.25, 0.3) is 0 Å². The zero-order chi connectivity index (χ0) is 16.6. The van der Waals surface area contributed by atoms with Crippen LogP contribution in [0.15, 0.2) is 41.3 Å². The summed E-state index contributed by atoms with van der Waals surface area (Å²) in [6.07, 6.45) is 2.17. The molecule has 1 N–H and O–H groups in total. The summed E-state index contributed by atoms with van der Waals surface area (Å²) >= 11 is 0. The van der Waals surface area contributed by atoms with Gasteiger partial charge >= 0.3 is 0 Å². The molecular weight excluding hydrogens is 302 g/mol. The van der Waals surface area contributed by atoms with E-state index in [1.807, 2.05) is 6.92 Å². The van der Waals surface area contributed by atoms with Crippen LogP contribution in [0.1, 0.15) is 31.7 Å². The Bertz CT molecular complexity index is 606. The van der Waals surface area contributed by atoms with Crippen molar-refractivity contribution in [3.63, 3.8) is 0 Å². The van der Waals surface area contributed by atoms with Gasteiger partial charge in [-0.25, -0.2) is 0 Å². The quantitative estimate of drug-likeness (QED) is 0.430. The molecular formula is C16H23NO4S. The zero-order valence-electron chi connectivity index (χ0n) is 13.1. The lowest BCUT2D eigenvalue weighted by Crippen LogP contribution is -2.24. The number of carbonyl (C=O) groups excluding carboxylic acids is 1. The van der Waals surface area contributed by atoms with Gasteiger partial charge in [0.05, 0.1) is 11.5 Å². The highest BCUT2D eigenvalue weighted by Crippen LogP contribution is 2.13. The highest BCUT2D eigenvalue weighted by Gasteiger charge is 2.14. The Labute approximate surface area is 132 Å². The third-order valence-electron chi connectivity index (χ3n) is 3.04. The molecule has 0 fully saturated rings. The van der Waals surface area contributed by atoms with Gasteiger partial charge in [-0.15, -0.1) is 0 Å². The number of hydrogen-bond acceptors (Lipinski definition) is 4. The fourth-order valence-corrected chi connectivity index (χ4v) is 2.64. The summed E-state index contributed by atoms with van der Waals surface area (Å²) in [6.45, 7) is 7.79. The summed E-state index contributed by atoms with van der Waals surface area (Å²) in [5.41, 5.74) is 1.48. The van der Waals surface area contributed by atoms with Crippen LogP contribution in [0.3, 0.4) is 0 Å². The molecule has 22 heavy (non-hydrogen) atoms. The van der Waals surface area contributed by atoms with Crippen LogP contribution in [0.4, 0.5) is 0 Å². The van der Waals surface area contributed by atoms with Crippen molar-refractivity contribution in [2.24, 2.45) is 0 Å². The fraction of sp³-hybridized carbons (Fsp3) is 0.438. The van der Waals surface area contributed by atoms with Crippen LogP contribution in [0.5, 0.6) is 0 Å². The Morgan fingerprint density at radius 2 is 1.82 bits per heavy atom. The van der Waals surface area contributed by atoms with Gasteiger partial charge in [-0.3, -0.25) is 8.98 Å². The molecule has 5 nitrogen and oxygen atoms in total. The average Bonchev–Trinajstić information content (AvgIpc) is 2.46. The number of aryl methyl sites for hydroxylation is 1. The first-order valence-corrected chi connectivity index (χ1v) is 8.63. The Morgan fingerprint density at radius 1 is 1.18 bits per heavy atom. The van der Waals surface area contributed by atoms with Crippen molar-refractivity contribution in [3.8, 4) is 0 Å². The minimum Gasteiger partial charge on any atom is -0.352 e. The van der Waals surface area contributed by atoms with Crippen molar-refractivity contribution in [1.82, 2.24) is 5.32 Å². The third-order valence-corrected chi connectivity index (χ3v) is 4.37. The Balaban J connectivity index is 2.22. The van der Waals surface area contributed by atoms with Gasteiger partial charge in [0.15, 0.2) is 0 Å². The van der Waals surface area contributed by atoms with Crippen molar-refractivity contribution in [2.45, 2.75) is 38.0 Å². The zero-order valence-corrected chi connectivity index (χ0v) is 13.9. The van der Waals surface area contributed by atoms with Gasteiger partial charge in [0.1, 0.15) is 0 Å². The summed E-state index contributed by atoms with van der Waals surface area (Å²) < 4.78 is 28.8. The van der Waals surface area contributed by atoms with Crippen molar-refractivity contribution in [1.29, 1.82) is 0 Å². The first-order chi connectivity index (χ1) is 10.3. The van der Waals surface area contributed by atoms with Crippen LogP contribution < -0.4 is 5.32 Å². The SMILES string of the molecule is C=C(C)C(=O)NCCCCCOS(=O)(=O)c1ccc(C)cc1. The van der Waals surface area contributed by atoms with E-state index in [2.05, 4.69) is 11.9 Å². The molecule has 6 heteroatoms. The summed E-state index contributed by atoms with van der Waals surface area (Å²) in [5.74, 6) is -0.154. The largest absolute Gasteiger partial charge is 0.352 e. The standard InChI is InChI=1S/C16H23NO4S/c1-13(2)16(18)17-11-5-4-6-12-21-22(19,20)15-9-7-14(3)8-10-15/h7-10H,1,4-6,11-12H2,2-3H3,(H,17,18). The Morgan fingerprint density at radius 3 is 2.41 bits per heavy atom. The Hall–Kier alpha value is -1.66. The smallest absolute Gasteiger partial charge is 0.296 e. The maximum absolute atomic E-state index is 11.9. The molecule has 0 saturated carbocycles. The summed E-state index contributed by atoms with van der Waals surface area (Å²) in [4.78, 5) is 11.4. The molecule has 0 aromatic heterocycles. The molecule has 0 atom stereocenters.